The predicted molar refractivity (Wildman–Crippen MR) is 132 cm³/mol. The molecule has 0 amide bonds. The van der Waals surface area contributed by atoms with Gasteiger partial charge in [0.05, 0.1) is 11.4 Å². The van der Waals surface area contributed by atoms with Gasteiger partial charge in [0.25, 0.3) is 0 Å². The van der Waals surface area contributed by atoms with Gasteiger partial charge in [-0.2, -0.15) is 0 Å². The summed E-state index contributed by atoms with van der Waals surface area (Å²) in [5.74, 6) is 0. The van der Waals surface area contributed by atoms with Crippen molar-refractivity contribution in [3.05, 3.63) is 102 Å². The Morgan fingerprint density at radius 1 is 0.533 bits per heavy atom. The largest absolute Gasteiger partial charge is 0.308 e. The van der Waals surface area contributed by atoms with Gasteiger partial charge in [0.1, 0.15) is 0 Å². The molecule has 0 saturated heterocycles. The fraction of sp³-hybridized carbons (Fsp3) is 0. The molecule has 1 aliphatic heterocycles. The van der Waals surface area contributed by atoms with E-state index in [-0.39, 0.29) is 0 Å². The summed E-state index contributed by atoms with van der Waals surface area (Å²) in [6.07, 6.45) is 0. The Labute approximate surface area is 188 Å². The fourth-order valence-electron chi connectivity index (χ4n) is 3.86. The van der Waals surface area contributed by atoms with Crippen LogP contribution in [0.4, 0.5) is 17.1 Å². The Hall–Kier alpha value is -2.79. The monoisotopic (exact) mass is 439 g/mol. The lowest BCUT2D eigenvalue weighted by Gasteiger charge is -2.33. The third-order valence-corrected chi connectivity index (χ3v) is 8.18. The summed E-state index contributed by atoms with van der Waals surface area (Å²) in [7, 11) is 0. The molecule has 144 valence electrons. The number of hydrogen-bond donors (Lipinski definition) is 0. The van der Waals surface area contributed by atoms with Crippen molar-refractivity contribution in [2.45, 2.75) is 9.79 Å². The predicted octanol–water partition coefficient (Wildman–Crippen LogP) is 9.08. The van der Waals surface area contributed by atoms with Gasteiger partial charge < -0.3 is 4.90 Å². The molecule has 0 spiro atoms. The molecule has 2 aromatic heterocycles. The zero-order chi connectivity index (χ0) is 19.9. The van der Waals surface area contributed by atoms with E-state index in [0.717, 1.165) is 0 Å². The van der Waals surface area contributed by atoms with Gasteiger partial charge >= 0.3 is 0 Å². The highest BCUT2D eigenvalue weighted by atomic mass is 32.2. The smallest absolute Gasteiger partial charge is 0.0602 e. The molecule has 0 radical (unpaired) electrons. The molecule has 0 saturated carbocycles. The van der Waals surface area contributed by atoms with E-state index in [9.17, 15) is 0 Å². The summed E-state index contributed by atoms with van der Waals surface area (Å²) in [5, 5.41) is 4.28. The first-order valence-electron chi connectivity index (χ1n) is 9.76. The van der Waals surface area contributed by atoms with Crippen LogP contribution in [0.25, 0.3) is 20.9 Å². The molecule has 0 N–H and O–H groups in total. The lowest BCUT2D eigenvalue weighted by molar-refractivity contribution is 1.17. The van der Waals surface area contributed by atoms with Crippen molar-refractivity contribution in [3.63, 3.8) is 0 Å². The molecule has 3 aromatic carbocycles. The SMILES string of the molecule is c1ccc(N2c3ccc(-c4cccs4)cc3Sc3cc(-c4cccs4)ccc32)cc1. The summed E-state index contributed by atoms with van der Waals surface area (Å²) in [5.41, 5.74) is 6.23. The van der Waals surface area contributed by atoms with Gasteiger partial charge in [-0.15, -0.1) is 22.7 Å². The molecule has 6 rings (SSSR count). The van der Waals surface area contributed by atoms with Crippen molar-refractivity contribution >= 4 is 51.5 Å². The number of nitrogens with zero attached hydrogens (tertiary/aromatic N) is 1. The van der Waals surface area contributed by atoms with Crippen LogP contribution >= 0.6 is 34.4 Å². The van der Waals surface area contributed by atoms with Gasteiger partial charge in [0.15, 0.2) is 0 Å². The van der Waals surface area contributed by atoms with Crippen molar-refractivity contribution in [3.8, 4) is 20.9 Å². The maximum atomic E-state index is 2.39. The summed E-state index contributed by atoms with van der Waals surface area (Å²) in [6.45, 7) is 0. The van der Waals surface area contributed by atoms with Gasteiger partial charge in [0, 0.05) is 25.2 Å². The molecular formula is C26H17NS3. The Bertz CT molecular complexity index is 1220. The second-order valence-corrected chi connectivity index (χ2v) is 10.1. The first-order chi connectivity index (χ1) is 14.9. The number of hydrogen-bond acceptors (Lipinski definition) is 4. The molecular weight excluding hydrogens is 422 g/mol. The first kappa shape index (κ1) is 18.0. The standard InChI is InChI=1S/C26H17NS3/c1-2-6-20(7-3-1)27-21-12-10-18(23-8-4-14-28-23)16-25(21)30-26-17-19(11-13-22(26)27)24-9-5-15-29-24/h1-17H. The average Bonchev–Trinajstić information content (AvgIpc) is 3.52. The lowest BCUT2D eigenvalue weighted by Crippen LogP contribution is -2.14. The highest BCUT2D eigenvalue weighted by Crippen LogP contribution is 2.53. The van der Waals surface area contributed by atoms with Gasteiger partial charge in [-0.25, -0.2) is 0 Å². The van der Waals surface area contributed by atoms with E-state index in [0.29, 0.717) is 0 Å². The molecule has 0 fully saturated rings. The molecule has 1 nitrogen and oxygen atoms in total. The van der Waals surface area contributed by atoms with Crippen molar-refractivity contribution in [2.75, 3.05) is 4.90 Å². The number of rotatable bonds is 3. The van der Waals surface area contributed by atoms with Crippen molar-refractivity contribution in [1.82, 2.24) is 0 Å². The molecule has 1 aliphatic rings. The van der Waals surface area contributed by atoms with Crippen molar-refractivity contribution < 1.29 is 0 Å². The minimum Gasteiger partial charge on any atom is -0.308 e. The lowest BCUT2D eigenvalue weighted by atomic mass is 10.1. The van der Waals surface area contributed by atoms with Gasteiger partial charge in [-0.1, -0.05) is 54.2 Å². The second kappa shape index (κ2) is 7.47. The first-order valence-corrected chi connectivity index (χ1v) is 12.3. The molecule has 0 unspecified atom stereocenters. The number of thiophene rings is 2. The van der Waals surface area contributed by atoms with E-state index in [1.165, 1.54) is 47.7 Å². The van der Waals surface area contributed by atoms with E-state index in [4.69, 9.17) is 0 Å². The minimum atomic E-state index is 1.19. The van der Waals surface area contributed by atoms with E-state index in [1.807, 2.05) is 11.8 Å². The summed E-state index contributed by atoms with van der Waals surface area (Å²) >= 11 is 5.45. The van der Waals surface area contributed by atoms with Crippen LogP contribution in [0.5, 0.6) is 0 Å². The quantitative estimate of drug-likeness (QED) is 0.270. The highest BCUT2D eigenvalue weighted by molar-refractivity contribution is 7.99. The van der Waals surface area contributed by atoms with Crippen LogP contribution in [0.1, 0.15) is 0 Å². The Kier molecular flexibility index (Phi) is 4.49. The van der Waals surface area contributed by atoms with Crippen LogP contribution in [0.2, 0.25) is 0 Å². The van der Waals surface area contributed by atoms with E-state index < -0.39 is 0 Å². The summed E-state index contributed by atoms with van der Waals surface area (Å²) in [6, 6.07) is 33.0. The van der Waals surface area contributed by atoms with Gasteiger partial charge in [0.2, 0.25) is 0 Å². The molecule has 5 aromatic rings. The maximum absolute atomic E-state index is 2.39. The molecule has 3 heterocycles. The highest BCUT2D eigenvalue weighted by Gasteiger charge is 2.25. The summed E-state index contributed by atoms with van der Waals surface area (Å²) < 4.78 is 0. The fourth-order valence-corrected chi connectivity index (χ4v) is 6.44. The normalized spacial score (nSPS) is 12.5. The topological polar surface area (TPSA) is 3.24 Å². The van der Waals surface area contributed by atoms with Crippen LogP contribution in [0.15, 0.2) is 112 Å². The van der Waals surface area contributed by atoms with Crippen LogP contribution in [-0.4, -0.2) is 0 Å². The zero-order valence-electron chi connectivity index (χ0n) is 16.0. The van der Waals surface area contributed by atoms with Gasteiger partial charge in [-0.05, 0) is 70.4 Å². The summed E-state index contributed by atoms with van der Waals surface area (Å²) in [4.78, 5) is 7.59. The number of anilines is 3. The van der Waals surface area contributed by atoms with Crippen molar-refractivity contribution in [1.29, 1.82) is 0 Å². The molecule has 0 atom stereocenters. The van der Waals surface area contributed by atoms with Crippen LogP contribution in [0, 0.1) is 0 Å². The van der Waals surface area contributed by atoms with Crippen molar-refractivity contribution in [2.24, 2.45) is 0 Å². The minimum absolute atomic E-state index is 1.19. The third-order valence-electron chi connectivity index (χ3n) is 5.25. The molecule has 30 heavy (non-hydrogen) atoms. The zero-order valence-corrected chi connectivity index (χ0v) is 18.4. The van der Waals surface area contributed by atoms with E-state index in [2.05, 4.69) is 107 Å². The average molecular weight is 440 g/mol. The number of para-hydroxylation sites is 1. The number of benzene rings is 3. The Balaban J connectivity index is 1.53. The Morgan fingerprint density at radius 3 is 1.60 bits per heavy atom. The van der Waals surface area contributed by atoms with E-state index >= 15 is 0 Å². The molecule has 0 bridgehead atoms. The second-order valence-electron chi connectivity index (χ2n) is 7.09. The third kappa shape index (κ3) is 3.08. The maximum Gasteiger partial charge on any atom is 0.0602 e. The molecule has 4 heteroatoms. The van der Waals surface area contributed by atoms with E-state index in [1.54, 1.807) is 22.7 Å². The van der Waals surface area contributed by atoms with Crippen LogP contribution < -0.4 is 4.90 Å². The van der Waals surface area contributed by atoms with Gasteiger partial charge in [-0.3, -0.25) is 0 Å². The van der Waals surface area contributed by atoms with Crippen LogP contribution in [0.3, 0.4) is 0 Å². The molecule has 0 aliphatic carbocycles. The Morgan fingerprint density at radius 2 is 1.10 bits per heavy atom. The number of fused-ring (bicyclic) bond motifs is 2. The van der Waals surface area contributed by atoms with Crippen LogP contribution in [-0.2, 0) is 0 Å².